The van der Waals surface area contributed by atoms with Crippen LogP contribution in [0.25, 0.3) is 16.6 Å². The minimum Gasteiger partial charge on any atom is -0.496 e. The van der Waals surface area contributed by atoms with Crippen LogP contribution in [0.1, 0.15) is 24.1 Å². The van der Waals surface area contributed by atoms with Crippen molar-refractivity contribution in [1.29, 1.82) is 0 Å². The Morgan fingerprint density at radius 2 is 1.76 bits per heavy atom. The van der Waals surface area contributed by atoms with Gasteiger partial charge in [-0.1, -0.05) is 59.8 Å². The molecular weight excluding hydrogens is 434 g/mol. The number of ether oxygens (including phenoxy) is 1. The number of benzene rings is 3. The van der Waals surface area contributed by atoms with Crippen LogP contribution in [0.15, 0.2) is 82.7 Å². The number of nitrogens with one attached hydrogen (secondary N) is 1. The molecule has 1 aromatic heterocycles. The molecule has 168 valence electrons. The number of rotatable bonds is 7. The zero-order valence-corrected chi connectivity index (χ0v) is 19.6. The van der Waals surface area contributed by atoms with E-state index < -0.39 is 0 Å². The Labute approximate surface area is 196 Å². The van der Waals surface area contributed by atoms with E-state index in [2.05, 4.69) is 5.32 Å². The Hall–Kier alpha value is -3.58. The number of hydrogen-bond donors (Lipinski definition) is 1. The van der Waals surface area contributed by atoms with E-state index in [-0.39, 0.29) is 23.3 Å². The highest BCUT2D eigenvalue weighted by atomic mass is 32.2. The standard InChI is InChI=1S/C26H25N3O3S/c1-17-12-14-19(15-13-17)29-25(31)21-9-4-6-10-22(21)28-26(29)33-16-24(30)27-18(2)20-8-5-7-11-23(20)32-3/h4-15,18H,16H2,1-3H3,(H,27,30). The molecule has 3 aromatic carbocycles. The van der Waals surface area contributed by atoms with Crippen LogP contribution in [-0.4, -0.2) is 28.3 Å². The van der Waals surface area contributed by atoms with Gasteiger partial charge in [0.2, 0.25) is 5.91 Å². The van der Waals surface area contributed by atoms with E-state index in [1.165, 1.54) is 11.8 Å². The quantitative estimate of drug-likeness (QED) is 0.321. The van der Waals surface area contributed by atoms with Crippen LogP contribution in [0.2, 0.25) is 0 Å². The maximum absolute atomic E-state index is 13.3. The third-order valence-electron chi connectivity index (χ3n) is 5.35. The van der Waals surface area contributed by atoms with Gasteiger partial charge in [-0.05, 0) is 44.2 Å². The Kier molecular flexibility index (Phi) is 6.79. The van der Waals surface area contributed by atoms with Crippen LogP contribution in [0.5, 0.6) is 5.75 Å². The molecule has 1 N–H and O–H groups in total. The van der Waals surface area contributed by atoms with Crippen molar-refractivity contribution in [2.24, 2.45) is 0 Å². The number of para-hydroxylation sites is 2. The van der Waals surface area contributed by atoms with Gasteiger partial charge in [-0.2, -0.15) is 0 Å². The summed E-state index contributed by atoms with van der Waals surface area (Å²) >= 11 is 1.24. The molecule has 1 unspecified atom stereocenters. The SMILES string of the molecule is COc1ccccc1C(C)NC(=O)CSc1nc2ccccc2c(=O)n1-c1ccc(C)cc1. The topological polar surface area (TPSA) is 73.2 Å². The number of carbonyl (C=O) groups excluding carboxylic acids is 1. The molecule has 0 saturated heterocycles. The molecule has 0 aliphatic heterocycles. The molecule has 1 atom stereocenters. The van der Waals surface area contributed by atoms with Gasteiger partial charge < -0.3 is 10.1 Å². The maximum atomic E-state index is 13.3. The molecule has 0 bridgehead atoms. The molecular formula is C26H25N3O3S. The summed E-state index contributed by atoms with van der Waals surface area (Å²) in [5, 5.41) is 4.02. The predicted octanol–water partition coefficient (Wildman–Crippen LogP) is 4.67. The third-order valence-corrected chi connectivity index (χ3v) is 6.29. The molecule has 0 spiro atoms. The van der Waals surface area contributed by atoms with Gasteiger partial charge in [0.15, 0.2) is 5.16 Å². The van der Waals surface area contributed by atoms with Crippen molar-refractivity contribution in [3.63, 3.8) is 0 Å². The molecule has 0 aliphatic carbocycles. The lowest BCUT2D eigenvalue weighted by atomic mass is 10.1. The fourth-order valence-corrected chi connectivity index (χ4v) is 4.47. The number of fused-ring (bicyclic) bond motifs is 1. The zero-order chi connectivity index (χ0) is 23.4. The predicted molar refractivity (Wildman–Crippen MR) is 132 cm³/mol. The molecule has 4 aromatic rings. The largest absolute Gasteiger partial charge is 0.496 e. The van der Waals surface area contributed by atoms with Crippen LogP contribution >= 0.6 is 11.8 Å². The summed E-state index contributed by atoms with van der Waals surface area (Å²) in [5.41, 5.74) is 3.17. The van der Waals surface area contributed by atoms with Gasteiger partial charge in [-0.3, -0.25) is 14.2 Å². The molecule has 0 radical (unpaired) electrons. The molecule has 0 saturated carbocycles. The first kappa shape index (κ1) is 22.6. The monoisotopic (exact) mass is 459 g/mol. The highest BCUT2D eigenvalue weighted by Gasteiger charge is 2.17. The first-order valence-corrected chi connectivity index (χ1v) is 11.6. The van der Waals surface area contributed by atoms with Crippen molar-refractivity contribution in [2.45, 2.75) is 25.0 Å². The van der Waals surface area contributed by atoms with E-state index in [1.54, 1.807) is 17.7 Å². The summed E-state index contributed by atoms with van der Waals surface area (Å²) in [6, 6.07) is 22.3. The Bertz CT molecular complexity index is 1350. The summed E-state index contributed by atoms with van der Waals surface area (Å²) in [5.74, 6) is 0.689. The molecule has 6 nitrogen and oxygen atoms in total. The van der Waals surface area contributed by atoms with Crippen molar-refractivity contribution in [3.05, 3.63) is 94.3 Å². The highest BCUT2D eigenvalue weighted by Crippen LogP contribution is 2.25. The first-order valence-electron chi connectivity index (χ1n) is 10.6. The Morgan fingerprint density at radius 1 is 1.06 bits per heavy atom. The van der Waals surface area contributed by atoms with Gasteiger partial charge in [0.25, 0.3) is 5.56 Å². The van der Waals surface area contributed by atoms with E-state index >= 15 is 0 Å². The normalized spacial score (nSPS) is 11.8. The zero-order valence-electron chi connectivity index (χ0n) is 18.7. The van der Waals surface area contributed by atoms with Crippen molar-refractivity contribution in [3.8, 4) is 11.4 Å². The number of methoxy groups -OCH3 is 1. The van der Waals surface area contributed by atoms with E-state index in [0.717, 1.165) is 16.9 Å². The summed E-state index contributed by atoms with van der Waals surface area (Å²) in [6.07, 6.45) is 0. The summed E-state index contributed by atoms with van der Waals surface area (Å²) in [7, 11) is 1.61. The van der Waals surface area contributed by atoms with E-state index in [1.807, 2.05) is 80.6 Å². The maximum Gasteiger partial charge on any atom is 0.266 e. The fourth-order valence-electron chi connectivity index (χ4n) is 3.65. The van der Waals surface area contributed by atoms with Crippen LogP contribution < -0.4 is 15.6 Å². The lowest BCUT2D eigenvalue weighted by Crippen LogP contribution is -2.29. The van der Waals surface area contributed by atoms with E-state index in [4.69, 9.17) is 9.72 Å². The molecule has 0 aliphatic rings. The van der Waals surface area contributed by atoms with Crippen molar-refractivity contribution in [1.82, 2.24) is 14.9 Å². The molecule has 1 amide bonds. The van der Waals surface area contributed by atoms with Gasteiger partial charge in [0, 0.05) is 5.56 Å². The molecule has 1 heterocycles. The van der Waals surface area contributed by atoms with Crippen LogP contribution in [0, 0.1) is 6.92 Å². The molecule has 33 heavy (non-hydrogen) atoms. The van der Waals surface area contributed by atoms with Crippen molar-refractivity contribution in [2.75, 3.05) is 12.9 Å². The Morgan fingerprint density at radius 3 is 2.52 bits per heavy atom. The summed E-state index contributed by atoms with van der Waals surface area (Å²) < 4.78 is 6.97. The van der Waals surface area contributed by atoms with Crippen molar-refractivity contribution >= 4 is 28.6 Å². The van der Waals surface area contributed by atoms with Crippen LogP contribution in [-0.2, 0) is 4.79 Å². The Balaban J connectivity index is 1.60. The van der Waals surface area contributed by atoms with E-state index in [0.29, 0.717) is 21.7 Å². The van der Waals surface area contributed by atoms with Crippen LogP contribution in [0.4, 0.5) is 0 Å². The second-order valence-electron chi connectivity index (χ2n) is 7.71. The smallest absolute Gasteiger partial charge is 0.266 e. The molecule has 0 fully saturated rings. The molecule has 4 rings (SSSR count). The van der Waals surface area contributed by atoms with Gasteiger partial charge in [-0.15, -0.1) is 0 Å². The van der Waals surface area contributed by atoms with Crippen LogP contribution in [0.3, 0.4) is 0 Å². The second-order valence-corrected chi connectivity index (χ2v) is 8.65. The number of aromatic nitrogens is 2. The lowest BCUT2D eigenvalue weighted by molar-refractivity contribution is -0.119. The number of carbonyl (C=O) groups is 1. The highest BCUT2D eigenvalue weighted by molar-refractivity contribution is 7.99. The second kappa shape index (κ2) is 9.92. The van der Waals surface area contributed by atoms with E-state index in [9.17, 15) is 9.59 Å². The van der Waals surface area contributed by atoms with Gasteiger partial charge in [0.1, 0.15) is 5.75 Å². The number of hydrogen-bond acceptors (Lipinski definition) is 5. The fraction of sp³-hybridized carbons (Fsp3) is 0.192. The lowest BCUT2D eigenvalue weighted by Gasteiger charge is -2.17. The summed E-state index contributed by atoms with van der Waals surface area (Å²) in [4.78, 5) is 30.8. The third kappa shape index (κ3) is 4.93. The summed E-state index contributed by atoms with van der Waals surface area (Å²) in [6.45, 7) is 3.91. The van der Waals surface area contributed by atoms with Gasteiger partial charge in [-0.25, -0.2) is 4.98 Å². The molecule has 7 heteroatoms. The minimum atomic E-state index is -0.224. The average Bonchev–Trinajstić information content (AvgIpc) is 2.83. The first-order chi connectivity index (χ1) is 16.0. The van der Waals surface area contributed by atoms with Crippen molar-refractivity contribution < 1.29 is 9.53 Å². The number of thioether (sulfide) groups is 1. The number of nitrogens with zero attached hydrogens (tertiary/aromatic N) is 2. The minimum absolute atomic E-state index is 0.121. The van der Waals surface area contributed by atoms with Gasteiger partial charge in [0.05, 0.1) is 35.5 Å². The average molecular weight is 460 g/mol. The number of amides is 1. The van der Waals surface area contributed by atoms with Gasteiger partial charge >= 0.3 is 0 Å². The number of aryl methyl sites for hydroxylation is 1.